The first-order valence-electron chi connectivity index (χ1n) is 8.68. The number of hydrogen-bond acceptors (Lipinski definition) is 4. The van der Waals surface area contributed by atoms with Crippen molar-refractivity contribution in [3.63, 3.8) is 0 Å². The van der Waals surface area contributed by atoms with E-state index >= 15 is 0 Å². The van der Waals surface area contributed by atoms with Crippen LogP contribution in [-0.4, -0.2) is 24.1 Å². The van der Waals surface area contributed by atoms with Gasteiger partial charge in [0.05, 0.1) is 12.8 Å². The molecule has 8 heteroatoms. The molecule has 1 atom stereocenters. The van der Waals surface area contributed by atoms with Crippen LogP contribution in [0.3, 0.4) is 0 Å². The Kier molecular flexibility index (Phi) is 5.02. The summed E-state index contributed by atoms with van der Waals surface area (Å²) in [7, 11) is 1.54. The second-order valence-corrected chi connectivity index (χ2v) is 8.01. The lowest BCUT2D eigenvalue weighted by Gasteiger charge is -2.24. The molecule has 1 aliphatic rings. The monoisotopic (exact) mass is 431 g/mol. The van der Waals surface area contributed by atoms with Crippen LogP contribution in [-0.2, 0) is 4.79 Å². The van der Waals surface area contributed by atoms with Gasteiger partial charge in [-0.15, -0.1) is 11.3 Å². The molecule has 0 bridgehead atoms. The maximum atomic E-state index is 13.5. The van der Waals surface area contributed by atoms with E-state index in [4.69, 9.17) is 16.3 Å². The molecule has 0 aliphatic carbocycles. The lowest BCUT2D eigenvalue weighted by Crippen LogP contribution is -2.22. The number of fused-ring (bicyclic) bond motifs is 1. The van der Waals surface area contributed by atoms with Crippen molar-refractivity contribution in [2.45, 2.75) is 12.3 Å². The Morgan fingerprint density at radius 1 is 1.28 bits per heavy atom. The van der Waals surface area contributed by atoms with E-state index in [-0.39, 0.29) is 22.2 Å². The largest absolute Gasteiger partial charge is 0.497 e. The van der Waals surface area contributed by atoms with Crippen LogP contribution in [0.1, 0.15) is 32.5 Å². The Balaban J connectivity index is 1.92. The van der Waals surface area contributed by atoms with Gasteiger partial charge in [-0.25, -0.2) is 9.18 Å². The summed E-state index contributed by atoms with van der Waals surface area (Å²) in [6, 6.07) is 11.0. The first-order chi connectivity index (χ1) is 13.9. The van der Waals surface area contributed by atoms with Gasteiger partial charge in [0, 0.05) is 27.8 Å². The highest BCUT2D eigenvalue weighted by Gasteiger charge is 2.35. The topological polar surface area (TPSA) is 75.6 Å². The number of aromatic carboxylic acids is 1. The molecule has 2 N–H and O–H groups in total. The van der Waals surface area contributed by atoms with E-state index in [1.54, 1.807) is 31.4 Å². The zero-order valence-electron chi connectivity index (χ0n) is 15.2. The van der Waals surface area contributed by atoms with E-state index in [1.807, 2.05) is 0 Å². The highest BCUT2D eigenvalue weighted by Crippen LogP contribution is 2.50. The highest BCUT2D eigenvalue weighted by atomic mass is 35.5. The molecule has 1 aliphatic heterocycles. The minimum absolute atomic E-state index is 0.0972. The van der Waals surface area contributed by atoms with Crippen LogP contribution in [0.2, 0.25) is 5.02 Å². The Hall–Kier alpha value is -2.90. The summed E-state index contributed by atoms with van der Waals surface area (Å²) in [6.45, 7) is 0. The number of hydrogen-bond donors (Lipinski definition) is 2. The summed E-state index contributed by atoms with van der Waals surface area (Å²) >= 11 is 7.33. The molecule has 148 valence electrons. The fourth-order valence-electron chi connectivity index (χ4n) is 3.51. The van der Waals surface area contributed by atoms with Crippen molar-refractivity contribution in [1.29, 1.82) is 0 Å². The number of thiophene rings is 1. The number of ether oxygens (including phenoxy) is 1. The fraction of sp³-hybridized carbons (Fsp3) is 0.143. The van der Waals surface area contributed by atoms with Gasteiger partial charge in [-0.3, -0.25) is 4.79 Å². The van der Waals surface area contributed by atoms with Crippen molar-refractivity contribution in [2.75, 3.05) is 12.4 Å². The second kappa shape index (κ2) is 7.50. The molecule has 2 heterocycles. The molecular weight excluding hydrogens is 417 g/mol. The molecule has 0 saturated carbocycles. The quantitative estimate of drug-likeness (QED) is 0.580. The Morgan fingerprint density at radius 2 is 2.00 bits per heavy atom. The number of halogens is 2. The molecular formula is C21H15ClFNO4S. The number of carbonyl (C=O) groups is 2. The van der Waals surface area contributed by atoms with Gasteiger partial charge in [-0.2, -0.15) is 0 Å². The van der Waals surface area contributed by atoms with Gasteiger partial charge < -0.3 is 15.2 Å². The third-order valence-electron chi connectivity index (χ3n) is 4.82. The molecule has 1 amide bonds. The standard InChI is InChI=1S/C21H15ClFNO4S/c1-28-12-5-2-10(3-6-12)17-18-19(29-20(17)21(26)27)14(9-16(25)24-18)13-7-4-11(23)8-15(13)22/h2-8,14H,9H2,1H3,(H,24,25)(H,26,27)/t14-/m1/s1. The maximum Gasteiger partial charge on any atom is 0.346 e. The lowest BCUT2D eigenvalue weighted by atomic mass is 9.88. The van der Waals surface area contributed by atoms with Crippen LogP contribution in [0.25, 0.3) is 11.1 Å². The molecule has 3 aromatic rings. The molecule has 0 saturated heterocycles. The second-order valence-electron chi connectivity index (χ2n) is 6.55. The average Bonchev–Trinajstić information content (AvgIpc) is 3.07. The highest BCUT2D eigenvalue weighted by molar-refractivity contribution is 7.15. The predicted molar refractivity (Wildman–Crippen MR) is 110 cm³/mol. The van der Waals surface area contributed by atoms with Gasteiger partial charge in [0.15, 0.2) is 0 Å². The van der Waals surface area contributed by atoms with E-state index in [0.717, 1.165) is 11.3 Å². The lowest BCUT2D eigenvalue weighted by molar-refractivity contribution is -0.116. The number of amides is 1. The zero-order valence-corrected chi connectivity index (χ0v) is 16.7. The summed E-state index contributed by atoms with van der Waals surface area (Å²) < 4.78 is 18.7. The Morgan fingerprint density at radius 3 is 2.62 bits per heavy atom. The smallest absolute Gasteiger partial charge is 0.346 e. The molecule has 0 spiro atoms. The fourth-order valence-corrected chi connectivity index (χ4v) is 5.04. The number of carboxylic acids is 1. The molecule has 0 fully saturated rings. The van der Waals surface area contributed by atoms with Gasteiger partial charge in [0.25, 0.3) is 0 Å². The van der Waals surface area contributed by atoms with E-state index in [1.165, 1.54) is 18.2 Å². The summed E-state index contributed by atoms with van der Waals surface area (Å²) in [5.41, 5.74) is 2.13. The number of benzene rings is 2. The molecule has 0 unspecified atom stereocenters. The Bertz CT molecular complexity index is 1130. The number of nitrogens with one attached hydrogen (secondary N) is 1. The summed E-state index contributed by atoms with van der Waals surface area (Å²) in [5, 5.41) is 12.8. The summed E-state index contributed by atoms with van der Waals surface area (Å²) in [4.78, 5) is 25.2. The van der Waals surface area contributed by atoms with Crippen molar-refractivity contribution in [3.05, 3.63) is 68.6 Å². The van der Waals surface area contributed by atoms with E-state index in [0.29, 0.717) is 33.0 Å². The third kappa shape index (κ3) is 3.47. The number of rotatable bonds is 4. The number of carbonyl (C=O) groups excluding carboxylic acids is 1. The van der Waals surface area contributed by atoms with Gasteiger partial charge in [0.1, 0.15) is 16.4 Å². The summed E-state index contributed by atoms with van der Waals surface area (Å²) in [6.07, 6.45) is 0.0972. The number of methoxy groups -OCH3 is 1. The van der Waals surface area contributed by atoms with Crippen LogP contribution in [0.15, 0.2) is 42.5 Å². The molecule has 0 radical (unpaired) electrons. The first-order valence-corrected chi connectivity index (χ1v) is 9.87. The minimum atomic E-state index is -1.09. The van der Waals surface area contributed by atoms with Crippen LogP contribution >= 0.6 is 22.9 Å². The predicted octanol–water partition coefficient (Wildman–Crippen LogP) is 5.39. The average molecular weight is 432 g/mol. The van der Waals surface area contributed by atoms with Crippen molar-refractivity contribution in [2.24, 2.45) is 0 Å². The van der Waals surface area contributed by atoms with Gasteiger partial charge in [0.2, 0.25) is 5.91 Å². The maximum absolute atomic E-state index is 13.5. The van der Waals surface area contributed by atoms with Gasteiger partial charge >= 0.3 is 5.97 Å². The zero-order chi connectivity index (χ0) is 20.7. The van der Waals surface area contributed by atoms with Crippen LogP contribution < -0.4 is 10.1 Å². The molecule has 5 nitrogen and oxygen atoms in total. The van der Waals surface area contributed by atoms with Crippen LogP contribution in [0.4, 0.5) is 10.1 Å². The van der Waals surface area contributed by atoms with Crippen molar-refractivity contribution < 1.29 is 23.8 Å². The first kappa shape index (κ1) is 19.4. The van der Waals surface area contributed by atoms with E-state index in [2.05, 4.69) is 5.32 Å². The summed E-state index contributed by atoms with van der Waals surface area (Å²) in [5.74, 6) is -1.65. The van der Waals surface area contributed by atoms with Crippen molar-refractivity contribution in [3.8, 4) is 16.9 Å². The number of anilines is 1. The van der Waals surface area contributed by atoms with E-state index < -0.39 is 17.7 Å². The molecule has 1 aromatic heterocycles. The minimum Gasteiger partial charge on any atom is -0.497 e. The molecule has 29 heavy (non-hydrogen) atoms. The van der Waals surface area contributed by atoms with Gasteiger partial charge in [-0.1, -0.05) is 29.8 Å². The third-order valence-corrected chi connectivity index (χ3v) is 6.44. The van der Waals surface area contributed by atoms with E-state index in [9.17, 15) is 19.1 Å². The van der Waals surface area contributed by atoms with Crippen molar-refractivity contribution in [1.82, 2.24) is 0 Å². The molecule has 2 aromatic carbocycles. The SMILES string of the molecule is COc1ccc(-c2c(C(=O)O)sc3c2NC(=O)C[C@@H]3c2ccc(F)cc2Cl)cc1. The van der Waals surface area contributed by atoms with Gasteiger partial charge in [-0.05, 0) is 35.4 Å². The normalized spacial score (nSPS) is 15.6. The Labute approximate surface area is 174 Å². The molecule has 4 rings (SSSR count). The van der Waals surface area contributed by atoms with Crippen LogP contribution in [0.5, 0.6) is 5.75 Å². The number of carboxylic acid groups (broad SMARTS) is 1. The van der Waals surface area contributed by atoms with Crippen LogP contribution in [0, 0.1) is 5.82 Å². The van der Waals surface area contributed by atoms with Crippen molar-refractivity contribution >= 4 is 40.5 Å².